The standard InChI is InChI=1S/C23H25N3O6S/c1-14(2)13-15-9-6-7-10-16(15)26-22(19-17(30-3)11-8-12-18(19)31-4)20(25-33(28)29)21(24-26)23(27)32-5/h6-12,14H,13H2,1-5H3. The molecule has 0 aliphatic heterocycles. The van der Waals surface area contributed by atoms with E-state index < -0.39 is 16.5 Å². The Bertz CT molecular complexity index is 1280. The van der Waals surface area contributed by atoms with E-state index in [1.807, 2.05) is 24.3 Å². The second-order valence-corrected chi connectivity index (χ2v) is 8.14. The van der Waals surface area contributed by atoms with Gasteiger partial charge in [-0.3, -0.25) is 0 Å². The third-order valence-corrected chi connectivity index (χ3v) is 5.25. The summed E-state index contributed by atoms with van der Waals surface area (Å²) in [6.45, 7) is 4.18. The van der Waals surface area contributed by atoms with E-state index in [4.69, 9.17) is 14.2 Å². The number of nitrogens with zero attached hydrogens (tertiary/aromatic N) is 3. The van der Waals surface area contributed by atoms with E-state index in [-0.39, 0.29) is 17.1 Å². The minimum atomic E-state index is -2.87. The first-order valence-corrected chi connectivity index (χ1v) is 11.2. The minimum absolute atomic E-state index is 0.169. The lowest BCUT2D eigenvalue weighted by molar-refractivity contribution is 0.0594. The highest BCUT2D eigenvalue weighted by Crippen LogP contribution is 2.45. The third-order valence-electron chi connectivity index (χ3n) is 4.92. The number of hydrogen-bond acceptors (Lipinski definition) is 8. The molecule has 0 aliphatic carbocycles. The van der Waals surface area contributed by atoms with Gasteiger partial charge in [-0.05, 0) is 36.1 Å². The van der Waals surface area contributed by atoms with Crippen LogP contribution in [0.3, 0.4) is 0 Å². The summed E-state index contributed by atoms with van der Waals surface area (Å²) in [5.41, 5.74) is 1.83. The molecule has 0 aliphatic rings. The lowest BCUT2D eigenvalue weighted by Gasteiger charge is -2.17. The largest absolute Gasteiger partial charge is 0.496 e. The van der Waals surface area contributed by atoms with Gasteiger partial charge in [-0.25, -0.2) is 9.48 Å². The maximum Gasteiger partial charge on any atom is 0.360 e. The van der Waals surface area contributed by atoms with Gasteiger partial charge in [0.2, 0.25) is 0 Å². The van der Waals surface area contributed by atoms with Crippen molar-refractivity contribution < 1.29 is 27.4 Å². The number of benzene rings is 2. The Kier molecular flexibility index (Phi) is 7.49. The normalized spacial score (nSPS) is 10.7. The summed E-state index contributed by atoms with van der Waals surface area (Å²) >= 11 is 0. The van der Waals surface area contributed by atoms with E-state index in [9.17, 15) is 13.2 Å². The van der Waals surface area contributed by atoms with Crippen molar-refractivity contribution in [3.63, 3.8) is 0 Å². The number of carbonyl (C=O) groups is 1. The fourth-order valence-electron chi connectivity index (χ4n) is 3.62. The Morgan fingerprint density at radius 2 is 1.67 bits per heavy atom. The maximum absolute atomic E-state index is 12.6. The Morgan fingerprint density at radius 1 is 1.03 bits per heavy atom. The molecule has 3 aromatic rings. The van der Waals surface area contributed by atoms with Crippen LogP contribution < -0.4 is 9.47 Å². The van der Waals surface area contributed by atoms with E-state index in [1.54, 1.807) is 18.2 Å². The SMILES string of the molecule is COC(=O)c1nn(-c2ccccc2CC(C)C)c(-c2c(OC)cccc2OC)c1N=S(=O)=O. The van der Waals surface area contributed by atoms with Crippen molar-refractivity contribution in [2.45, 2.75) is 20.3 Å². The summed E-state index contributed by atoms with van der Waals surface area (Å²) in [5, 5.41) is 4.46. The van der Waals surface area contributed by atoms with Crippen molar-refractivity contribution in [2.24, 2.45) is 10.3 Å². The first-order valence-electron chi connectivity index (χ1n) is 10.1. The fourth-order valence-corrected chi connectivity index (χ4v) is 3.94. The van der Waals surface area contributed by atoms with Gasteiger partial charge in [0.15, 0.2) is 5.69 Å². The van der Waals surface area contributed by atoms with Gasteiger partial charge in [-0.2, -0.15) is 13.5 Å². The molecule has 33 heavy (non-hydrogen) atoms. The van der Waals surface area contributed by atoms with Crippen LogP contribution in [-0.4, -0.2) is 45.5 Å². The highest BCUT2D eigenvalue weighted by molar-refractivity contribution is 7.61. The zero-order valence-corrected chi connectivity index (χ0v) is 19.8. The van der Waals surface area contributed by atoms with Gasteiger partial charge in [0.1, 0.15) is 22.9 Å². The fraction of sp³-hybridized carbons (Fsp3) is 0.304. The van der Waals surface area contributed by atoms with E-state index in [0.717, 1.165) is 12.0 Å². The third kappa shape index (κ3) is 4.90. The molecule has 0 radical (unpaired) electrons. The molecule has 1 aromatic heterocycles. The van der Waals surface area contributed by atoms with Crippen LogP contribution in [0.4, 0.5) is 5.69 Å². The zero-order chi connectivity index (χ0) is 24.1. The van der Waals surface area contributed by atoms with Crippen molar-refractivity contribution in [3.8, 4) is 28.4 Å². The predicted octanol–water partition coefficient (Wildman–Crippen LogP) is 4.24. The van der Waals surface area contributed by atoms with Gasteiger partial charge in [0.25, 0.3) is 0 Å². The summed E-state index contributed by atoms with van der Waals surface area (Å²) in [6, 6.07) is 12.7. The Hall–Kier alpha value is -3.66. The molecule has 9 nitrogen and oxygen atoms in total. The number of aromatic nitrogens is 2. The molecule has 2 aromatic carbocycles. The van der Waals surface area contributed by atoms with Crippen LogP contribution in [0.25, 0.3) is 16.9 Å². The molecular weight excluding hydrogens is 446 g/mol. The van der Waals surface area contributed by atoms with Gasteiger partial charge in [-0.1, -0.05) is 38.1 Å². The topological polar surface area (TPSA) is 109 Å². The molecular formula is C23H25N3O6S. The van der Waals surface area contributed by atoms with Crippen molar-refractivity contribution in [2.75, 3.05) is 21.3 Å². The van der Waals surface area contributed by atoms with E-state index >= 15 is 0 Å². The number of esters is 1. The average molecular weight is 472 g/mol. The summed E-state index contributed by atoms with van der Waals surface area (Å²) in [6.07, 6.45) is 0.728. The van der Waals surface area contributed by atoms with Crippen LogP contribution in [-0.2, 0) is 21.7 Å². The molecule has 0 atom stereocenters. The highest BCUT2D eigenvalue weighted by Gasteiger charge is 2.30. The first-order chi connectivity index (χ1) is 15.8. The molecule has 0 spiro atoms. The van der Waals surface area contributed by atoms with Crippen LogP contribution >= 0.6 is 0 Å². The molecule has 0 amide bonds. The van der Waals surface area contributed by atoms with E-state index in [2.05, 4.69) is 23.3 Å². The Balaban J connectivity index is 2.54. The summed E-state index contributed by atoms with van der Waals surface area (Å²) in [7, 11) is 1.28. The molecule has 0 unspecified atom stereocenters. The van der Waals surface area contributed by atoms with Crippen molar-refractivity contribution >= 4 is 22.2 Å². The molecule has 10 heteroatoms. The number of para-hydroxylation sites is 1. The van der Waals surface area contributed by atoms with Crippen LogP contribution in [0.1, 0.15) is 29.9 Å². The number of hydrogen-bond donors (Lipinski definition) is 0. The van der Waals surface area contributed by atoms with Gasteiger partial charge in [-0.15, -0.1) is 4.36 Å². The monoisotopic (exact) mass is 471 g/mol. The summed E-state index contributed by atoms with van der Waals surface area (Å²) < 4.78 is 44.5. The smallest absolute Gasteiger partial charge is 0.360 e. The Morgan fingerprint density at radius 3 is 2.21 bits per heavy atom. The maximum atomic E-state index is 12.6. The van der Waals surface area contributed by atoms with Crippen molar-refractivity contribution in [3.05, 3.63) is 53.7 Å². The molecule has 0 saturated carbocycles. The van der Waals surface area contributed by atoms with Gasteiger partial charge >= 0.3 is 16.5 Å². The molecule has 174 valence electrons. The summed E-state index contributed by atoms with van der Waals surface area (Å²) in [4.78, 5) is 12.6. The van der Waals surface area contributed by atoms with Gasteiger partial charge < -0.3 is 14.2 Å². The molecule has 0 fully saturated rings. The molecule has 0 saturated heterocycles. The van der Waals surface area contributed by atoms with Gasteiger partial charge in [0, 0.05) is 0 Å². The number of carbonyl (C=O) groups excluding carboxylic acids is 1. The van der Waals surface area contributed by atoms with Crippen LogP contribution in [0.2, 0.25) is 0 Å². The predicted molar refractivity (Wildman–Crippen MR) is 123 cm³/mol. The number of rotatable bonds is 8. The lowest BCUT2D eigenvalue weighted by Crippen LogP contribution is -2.08. The summed E-state index contributed by atoms with van der Waals surface area (Å²) in [5.74, 6) is 0.293. The van der Waals surface area contributed by atoms with E-state index in [0.29, 0.717) is 28.7 Å². The van der Waals surface area contributed by atoms with Crippen LogP contribution in [0.15, 0.2) is 46.8 Å². The minimum Gasteiger partial charge on any atom is -0.496 e. The lowest BCUT2D eigenvalue weighted by atomic mass is 10.0. The van der Waals surface area contributed by atoms with E-state index in [1.165, 1.54) is 26.0 Å². The second-order valence-electron chi connectivity index (χ2n) is 7.52. The zero-order valence-electron chi connectivity index (χ0n) is 19.0. The quantitative estimate of drug-likeness (QED) is 0.452. The average Bonchev–Trinajstić information content (AvgIpc) is 3.15. The highest BCUT2D eigenvalue weighted by atomic mass is 32.2. The Labute approximate surface area is 193 Å². The molecule has 0 bridgehead atoms. The van der Waals surface area contributed by atoms with Gasteiger partial charge in [0.05, 0.1) is 32.6 Å². The van der Waals surface area contributed by atoms with Crippen LogP contribution in [0.5, 0.6) is 11.5 Å². The van der Waals surface area contributed by atoms with Crippen molar-refractivity contribution in [1.82, 2.24) is 9.78 Å². The second kappa shape index (κ2) is 10.3. The first kappa shape index (κ1) is 24.0. The molecule has 0 N–H and O–H groups in total. The molecule has 1 heterocycles. The molecule has 3 rings (SSSR count). The number of methoxy groups -OCH3 is 3. The van der Waals surface area contributed by atoms with Crippen LogP contribution in [0, 0.1) is 5.92 Å². The number of ether oxygens (including phenoxy) is 3. The van der Waals surface area contributed by atoms with Crippen molar-refractivity contribution in [1.29, 1.82) is 0 Å².